The molecule has 0 aliphatic heterocycles. The summed E-state index contributed by atoms with van der Waals surface area (Å²) >= 11 is -5.61. The zero-order valence-corrected chi connectivity index (χ0v) is 26.5. The Balaban J connectivity index is 2.11. The molecule has 1 aromatic carbocycles. The van der Waals surface area contributed by atoms with Gasteiger partial charge in [-0.1, -0.05) is 0 Å². The first-order chi connectivity index (χ1) is 14.1. The predicted octanol–water partition coefficient (Wildman–Crippen LogP) is 10.7. The fourth-order valence-corrected chi connectivity index (χ4v) is 42.8. The zero-order valence-electron chi connectivity index (χ0n) is 22.9. The van der Waals surface area contributed by atoms with E-state index in [1.54, 1.807) is 16.7 Å². The first-order valence-electron chi connectivity index (χ1n) is 13.6. The number of hydrogen-bond acceptors (Lipinski definition) is 0. The molecular weight excluding hydrogens is 551 g/mol. The van der Waals surface area contributed by atoms with E-state index in [4.69, 9.17) is 0 Å². The van der Waals surface area contributed by atoms with Crippen LogP contribution < -0.4 is 0 Å². The van der Waals surface area contributed by atoms with E-state index < -0.39 is 12.6 Å². The third-order valence-corrected chi connectivity index (χ3v) is 58.4. The van der Waals surface area contributed by atoms with E-state index >= 15 is 0 Å². The summed E-state index contributed by atoms with van der Waals surface area (Å²) in [6, 6.07) is 5.28. The molecule has 0 saturated heterocycles. The average Bonchev–Trinajstić information content (AvgIpc) is 3.37. The van der Waals surface area contributed by atoms with Crippen LogP contribution in [0.1, 0.15) is 68.7 Å². The summed E-state index contributed by atoms with van der Waals surface area (Å²) in [6.07, 6.45) is 22.3. The molecule has 4 rings (SSSR count). The van der Waals surface area contributed by atoms with Gasteiger partial charge in [0.15, 0.2) is 0 Å². The maximum atomic E-state index is 2.76. The standard InChI is InChI=1S/C19H25.C5H5.7CH3.Hf/c1-4-7-14-8-9-15-10-16-12-19(5-2,6-3)13-17(16)11-18(14)15;1-2-4-5-3-1;;;;;;;;/h8-11H,4-7,12-13H2,1-3H3;1-5H;7*1H3;. The Hall–Kier alpha value is -0.690. The minimum atomic E-state index is -5.61. The van der Waals surface area contributed by atoms with E-state index in [1.807, 2.05) is 0 Å². The van der Waals surface area contributed by atoms with Crippen molar-refractivity contribution >= 4 is 6.08 Å². The molecule has 1 heteroatoms. The molecule has 179 valence electrons. The number of hydrogen-bond donors (Lipinski definition) is 0. The van der Waals surface area contributed by atoms with Crippen molar-refractivity contribution in [1.82, 2.24) is 0 Å². The first kappa shape index (κ1) is 24.4. The van der Waals surface area contributed by atoms with Crippen LogP contribution in [0.2, 0.25) is 36.4 Å². The number of benzene rings is 1. The van der Waals surface area contributed by atoms with Gasteiger partial charge < -0.3 is 0 Å². The quantitative estimate of drug-likeness (QED) is 0.284. The molecular formula is C31H51Hf. The molecule has 1 aromatic rings. The molecule has 0 amide bonds. The van der Waals surface area contributed by atoms with Gasteiger partial charge in [-0.2, -0.15) is 0 Å². The van der Waals surface area contributed by atoms with Crippen LogP contribution in [0.15, 0.2) is 42.5 Å². The van der Waals surface area contributed by atoms with E-state index in [1.165, 1.54) is 44.1 Å². The molecule has 0 fully saturated rings. The van der Waals surface area contributed by atoms with E-state index in [-0.39, 0.29) is 3.17 Å². The summed E-state index contributed by atoms with van der Waals surface area (Å²) in [5.41, 5.74) is 6.82. The van der Waals surface area contributed by atoms with Crippen molar-refractivity contribution in [2.75, 3.05) is 0 Å². The summed E-state index contributed by atoms with van der Waals surface area (Å²) in [5.74, 6) is 0. The summed E-state index contributed by atoms with van der Waals surface area (Å²) in [6.45, 7) is 7.18. The minimum absolute atomic E-state index is 0.00592. The Labute approximate surface area is 186 Å². The average molecular weight is 602 g/mol. The monoisotopic (exact) mass is 603 g/mol. The van der Waals surface area contributed by atoms with Crippen LogP contribution in [0.25, 0.3) is 6.08 Å². The van der Waals surface area contributed by atoms with Crippen LogP contribution in [-0.4, -0.2) is 0 Å². The number of rotatable bonds is 6. The summed E-state index contributed by atoms with van der Waals surface area (Å²) in [4.78, 5) is 0. The Bertz CT molecular complexity index is 1150. The molecule has 32 heavy (non-hydrogen) atoms. The Morgan fingerprint density at radius 2 is 1.34 bits per heavy atom. The molecule has 0 heterocycles. The van der Waals surface area contributed by atoms with Crippen molar-refractivity contribution in [3.63, 3.8) is 0 Å². The summed E-state index contributed by atoms with van der Waals surface area (Å²) < 4.78 is 19.7. The zero-order chi connectivity index (χ0) is 24.1. The normalized spacial score (nSPS) is 30.5. The van der Waals surface area contributed by atoms with E-state index in [0.717, 1.165) is 0 Å². The molecule has 3 aliphatic rings. The Morgan fingerprint density at radius 3 is 1.84 bits per heavy atom. The molecule has 0 spiro atoms. The SMILES string of the molecule is CCC[C]1([Hf]([CH3])([CH3])([CH3])([CH3])([CH3])([CH3])([CH3])[CH]2C=CC=C2)C=Cc2cc3c(cc21)CC(CC)(CC)C3. The fraction of sp³-hybridized carbons (Fsp3) is 0.613. The van der Waals surface area contributed by atoms with Crippen LogP contribution in [0.3, 0.4) is 0 Å². The van der Waals surface area contributed by atoms with Crippen molar-refractivity contribution in [1.29, 1.82) is 0 Å². The number of allylic oxidation sites excluding steroid dienone is 5. The van der Waals surface area contributed by atoms with Gasteiger partial charge in [0.2, 0.25) is 0 Å². The summed E-state index contributed by atoms with van der Waals surface area (Å²) in [5, 5.41) is 0. The number of fused-ring (bicyclic) bond motifs is 2. The van der Waals surface area contributed by atoms with Gasteiger partial charge in [-0.05, 0) is 0 Å². The van der Waals surface area contributed by atoms with Gasteiger partial charge in [0.05, 0.1) is 0 Å². The molecule has 1 unspecified atom stereocenters. The van der Waals surface area contributed by atoms with Crippen LogP contribution in [-0.2, 0) is 28.6 Å². The van der Waals surface area contributed by atoms with E-state index in [9.17, 15) is 0 Å². The third kappa shape index (κ3) is 2.64. The van der Waals surface area contributed by atoms with Crippen LogP contribution in [0, 0.1) is 5.41 Å². The Morgan fingerprint density at radius 1 is 0.812 bits per heavy atom. The summed E-state index contributed by atoms with van der Waals surface area (Å²) in [7, 11) is 0. The van der Waals surface area contributed by atoms with Gasteiger partial charge in [-0.15, -0.1) is 0 Å². The maximum absolute atomic E-state index is 5.61. The molecule has 0 radical (unpaired) electrons. The van der Waals surface area contributed by atoms with E-state index in [2.05, 4.69) is 102 Å². The van der Waals surface area contributed by atoms with Gasteiger partial charge in [-0.25, -0.2) is 0 Å². The van der Waals surface area contributed by atoms with Crippen molar-refractivity contribution in [2.45, 2.75) is 98.9 Å². The molecule has 0 aromatic heterocycles. The van der Waals surface area contributed by atoms with Crippen molar-refractivity contribution in [3.05, 3.63) is 64.8 Å². The van der Waals surface area contributed by atoms with Gasteiger partial charge in [0.25, 0.3) is 0 Å². The van der Waals surface area contributed by atoms with Crippen LogP contribution in [0.5, 0.6) is 0 Å². The van der Waals surface area contributed by atoms with Gasteiger partial charge in [-0.3, -0.25) is 0 Å². The van der Waals surface area contributed by atoms with Gasteiger partial charge in [0, 0.05) is 0 Å². The molecule has 0 N–H and O–H groups in total. The Kier molecular flexibility index (Phi) is 3.41. The van der Waals surface area contributed by atoms with Crippen LogP contribution >= 0.6 is 0 Å². The topological polar surface area (TPSA) is 0 Å². The molecule has 0 bridgehead atoms. The fourth-order valence-electron chi connectivity index (χ4n) is 8.89. The second kappa shape index (κ2) is 4.47. The molecule has 1 atom stereocenters. The molecule has 0 nitrogen and oxygen atoms in total. The first-order valence-corrected chi connectivity index (χ1v) is 42.6. The van der Waals surface area contributed by atoms with Crippen molar-refractivity contribution in [3.8, 4) is 0 Å². The van der Waals surface area contributed by atoms with Crippen molar-refractivity contribution < 1.29 is 12.6 Å². The molecule has 3 aliphatic carbocycles. The van der Waals surface area contributed by atoms with Gasteiger partial charge >= 0.3 is 188 Å². The van der Waals surface area contributed by atoms with E-state index in [0.29, 0.717) is 9.09 Å². The second-order valence-electron chi connectivity index (χ2n) is 22.5. The molecule has 0 saturated carbocycles. The van der Waals surface area contributed by atoms with Crippen LogP contribution in [0.4, 0.5) is 0 Å². The predicted molar refractivity (Wildman–Crippen MR) is 146 cm³/mol. The third-order valence-electron chi connectivity index (χ3n) is 12.3. The van der Waals surface area contributed by atoms with Crippen molar-refractivity contribution in [2.24, 2.45) is 5.41 Å². The second-order valence-corrected chi connectivity index (χ2v) is 132. The van der Waals surface area contributed by atoms with Gasteiger partial charge in [0.1, 0.15) is 0 Å².